The van der Waals surface area contributed by atoms with Gasteiger partial charge in [0.1, 0.15) is 18.8 Å². The van der Waals surface area contributed by atoms with Crippen LogP contribution in [0.2, 0.25) is 0 Å². The number of ether oxygens (including phenoxy) is 5. The summed E-state index contributed by atoms with van der Waals surface area (Å²) >= 11 is 0. The summed E-state index contributed by atoms with van der Waals surface area (Å²) in [5.41, 5.74) is 6.62. The molecule has 0 amide bonds. The van der Waals surface area contributed by atoms with E-state index in [0.717, 1.165) is 12.8 Å². The topological polar surface area (TPSA) is 140 Å². The lowest BCUT2D eigenvalue weighted by atomic mass is 10.1. The standard InChI is InChI=1S/C29H45NO9/c1-7-8-15-35-29(34)37-21(6)18-36-28(33)23(30)16-22-11-12-24(38-26(31)13-9-19(2)3)25(17-22)39-27(32)14-10-20(4)5/h11-12,17,19-21,23H,7-10,13-16,18,30H2,1-6H3/t21-,23-/m0/s1. The second kappa shape index (κ2) is 18.2. The molecule has 0 aliphatic heterocycles. The van der Waals surface area contributed by atoms with Crippen LogP contribution in [0.5, 0.6) is 11.5 Å². The molecule has 0 radical (unpaired) electrons. The van der Waals surface area contributed by atoms with Gasteiger partial charge in [-0.15, -0.1) is 0 Å². The molecule has 1 aromatic rings. The molecule has 39 heavy (non-hydrogen) atoms. The number of carbonyl (C=O) groups excluding carboxylic acids is 4. The van der Waals surface area contributed by atoms with Crippen LogP contribution < -0.4 is 15.2 Å². The lowest BCUT2D eigenvalue weighted by Gasteiger charge is -2.17. The zero-order chi connectivity index (χ0) is 29.4. The second-order valence-electron chi connectivity index (χ2n) is 10.4. The fourth-order valence-corrected chi connectivity index (χ4v) is 3.18. The van der Waals surface area contributed by atoms with E-state index in [4.69, 9.17) is 29.4 Å². The highest BCUT2D eigenvalue weighted by atomic mass is 16.7. The third-order valence-corrected chi connectivity index (χ3v) is 5.54. The highest BCUT2D eigenvalue weighted by Crippen LogP contribution is 2.30. The lowest BCUT2D eigenvalue weighted by Crippen LogP contribution is -2.36. The third kappa shape index (κ3) is 15.1. The first kappa shape index (κ1) is 33.9. The molecule has 220 valence electrons. The van der Waals surface area contributed by atoms with E-state index < -0.39 is 36.2 Å². The molecule has 0 spiro atoms. The van der Waals surface area contributed by atoms with E-state index >= 15 is 0 Å². The minimum absolute atomic E-state index is 0.0747. The van der Waals surface area contributed by atoms with Gasteiger partial charge in [-0.25, -0.2) is 4.79 Å². The van der Waals surface area contributed by atoms with Gasteiger partial charge in [0.2, 0.25) is 0 Å². The molecule has 10 nitrogen and oxygen atoms in total. The molecular formula is C29H45NO9. The van der Waals surface area contributed by atoms with Crippen LogP contribution in [-0.4, -0.2) is 49.4 Å². The molecule has 0 fully saturated rings. The van der Waals surface area contributed by atoms with Crippen LogP contribution in [-0.2, 0) is 35.0 Å². The average Bonchev–Trinajstić information content (AvgIpc) is 2.86. The molecule has 2 N–H and O–H groups in total. The molecule has 1 aromatic carbocycles. The van der Waals surface area contributed by atoms with Gasteiger partial charge in [0.15, 0.2) is 11.5 Å². The summed E-state index contributed by atoms with van der Waals surface area (Å²) < 4.78 is 26.1. The zero-order valence-electron chi connectivity index (χ0n) is 24.2. The maximum Gasteiger partial charge on any atom is 0.508 e. The Bertz CT molecular complexity index is 929. The van der Waals surface area contributed by atoms with Crippen molar-refractivity contribution in [1.29, 1.82) is 0 Å². The highest BCUT2D eigenvalue weighted by Gasteiger charge is 2.21. The van der Waals surface area contributed by atoms with E-state index in [2.05, 4.69) is 0 Å². The van der Waals surface area contributed by atoms with Crippen molar-refractivity contribution >= 4 is 24.1 Å². The lowest BCUT2D eigenvalue weighted by molar-refractivity contribution is -0.148. The Labute approximate surface area is 231 Å². The van der Waals surface area contributed by atoms with Gasteiger partial charge in [-0.1, -0.05) is 47.1 Å². The number of hydrogen-bond acceptors (Lipinski definition) is 10. The summed E-state index contributed by atoms with van der Waals surface area (Å²) in [5.74, 6) is -0.705. The SMILES string of the molecule is CCCCOC(=O)O[C@@H](C)COC(=O)[C@@H](N)Cc1ccc(OC(=O)CCC(C)C)c(OC(=O)CCC(C)C)c1. The van der Waals surface area contributed by atoms with E-state index in [1.807, 2.05) is 34.6 Å². The molecule has 0 bridgehead atoms. The Hall–Kier alpha value is -3.14. The minimum Gasteiger partial charge on any atom is -0.461 e. The monoisotopic (exact) mass is 551 g/mol. The molecule has 2 atom stereocenters. The van der Waals surface area contributed by atoms with Crippen LogP contribution >= 0.6 is 0 Å². The maximum atomic E-state index is 12.4. The summed E-state index contributed by atoms with van der Waals surface area (Å²) in [5, 5.41) is 0. The van der Waals surface area contributed by atoms with E-state index in [0.29, 0.717) is 30.2 Å². The second-order valence-corrected chi connectivity index (χ2v) is 10.4. The maximum absolute atomic E-state index is 12.4. The Morgan fingerprint density at radius 2 is 1.44 bits per heavy atom. The quantitative estimate of drug-likeness (QED) is 0.157. The van der Waals surface area contributed by atoms with Crippen LogP contribution in [0.15, 0.2) is 18.2 Å². The first-order valence-corrected chi connectivity index (χ1v) is 13.7. The summed E-state index contributed by atoms with van der Waals surface area (Å²) in [7, 11) is 0. The van der Waals surface area contributed by atoms with Gasteiger partial charge in [-0.3, -0.25) is 14.4 Å². The van der Waals surface area contributed by atoms with E-state index in [-0.39, 0.29) is 44.0 Å². The van der Waals surface area contributed by atoms with Crippen LogP contribution in [0, 0.1) is 11.8 Å². The third-order valence-electron chi connectivity index (χ3n) is 5.54. The molecule has 1 rings (SSSR count). The molecule has 10 heteroatoms. The predicted molar refractivity (Wildman–Crippen MR) is 145 cm³/mol. The van der Waals surface area contributed by atoms with Crippen molar-refractivity contribution in [3.63, 3.8) is 0 Å². The fourth-order valence-electron chi connectivity index (χ4n) is 3.18. The predicted octanol–water partition coefficient (Wildman–Crippen LogP) is 5.12. The number of carbonyl (C=O) groups is 4. The van der Waals surface area contributed by atoms with Gasteiger partial charge in [-0.2, -0.15) is 0 Å². The summed E-state index contributed by atoms with van der Waals surface area (Å²) in [6.07, 6.45) is 1.91. The molecule has 0 aliphatic carbocycles. The first-order valence-electron chi connectivity index (χ1n) is 13.7. The number of benzene rings is 1. The average molecular weight is 552 g/mol. The molecule has 0 aromatic heterocycles. The Morgan fingerprint density at radius 1 is 0.846 bits per heavy atom. The molecule has 0 saturated carbocycles. The number of hydrogen-bond donors (Lipinski definition) is 1. The van der Waals surface area contributed by atoms with E-state index in [1.165, 1.54) is 12.1 Å². The van der Waals surface area contributed by atoms with Crippen molar-refractivity contribution in [2.75, 3.05) is 13.2 Å². The van der Waals surface area contributed by atoms with Crippen LogP contribution in [0.3, 0.4) is 0 Å². The van der Waals surface area contributed by atoms with Crippen molar-refractivity contribution < 1.29 is 42.9 Å². The van der Waals surface area contributed by atoms with Crippen molar-refractivity contribution in [3.8, 4) is 11.5 Å². The van der Waals surface area contributed by atoms with Crippen LogP contribution in [0.1, 0.15) is 85.6 Å². The van der Waals surface area contributed by atoms with E-state index in [9.17, 15) is 19.2 Å². The van der Waals surface area contributed by atoms with Crippen molar-refractivity contribution in [2.24, 2.45) is 17.6 Å². The Morgan fingerprint density at radius 3 is 2.00 bits per heavy atom. The largest absolute Gasteiger partial charge is 0.508 e. The molecular weight excluding hydrogens is 506 g/mol. The molecule has 0 heterocycles. The van der Waals surface area contributed by atoms with Gasteiger partial charge in [0, 0.05) is 12.8 Å². The zero-order valence-corrected chi connectivity index (χ0v) is 24.2. The fraction of sp³-hybridized carbons (Fsp3) is 0.655. The molecule has 0 saturated heterocycles. The molecule has 0 unspecified atom stereocenters. The van der Waals surface area contributed by atoms with E-state index in [1.54, 1.807) is 13.0 Å². The smallest absolute Gasteiger partial charge is 0.461 e. The van der Waals surface area contributed by atoms with Gasteiger partial charge in [-0.05, 0) is 62.1 Å². The Kier molecular flexibility index (Phi) is 15.8. The van der Waals surface area contributed by atoms with Crippen LogP contribution in [0.4, 0.5) is 4.79 Å². The van der Waals surface area contributed by atoms with Crippen molar-refractivity contribution in [1.82, 2.24) is 0 Å². The molecule has 0 aliphatic rings. The summed E-state index contributed by atoms with van der Waals surface area (Å²) in [6, 6.07) is 3.66. The van der Waals surface area contributed by atoms with Gasteiger partial charge >= 0.3 is 24.1 Å². The van der Waals surface area contributed by atoms with Crippen molar-refractivity contribution in [2.45, 2.75) is 98.6 Å². The first-order chi connectivity index (χ1) is 18.4. The van der Waals surface area contributed by atoms with Gasteiger partial charge in [0.25, 0.3) is 0 Å². The van der Waals surface area contributed by atoms with Crippen LogP contribution in [0.25, 0.3) is 0 Å². The Balaban J connectivity index is 2.80. The summed E-state index contributed by atoms with van der Waals surface area (Å²) in [4.78, 5) is 48.7. The minimum atomic E-state index is -1.03. The van der Waals surface area contributed by atoms with Crippen molar-refractivity contribution in [3.05, 3.63) is 23.8 Å². The number of rotatable bonds is 17. The number of nitrogens with two attached hydrogens (primary N) is 1. The summed E-state index contributed by atoms with van der Waals surface area (Å²) in [6.45, 7) is 11.6. The van der Waals surface area contributed by atoms with Gasteiger partial charge < -0.3 is 29.4 Å². The normalized spacial score (nSPS) is 12.5. The number of esters is 3. The highest BCUT2D eigenvalue weighted by molar-refractivity contribution is 5.77. The number of unbranched alkanes of at least 4 members (excludes halogenated alkanes) is 1. The van der Waals surface area contributed by atoms with Gasteiger partial charge in [0.05, 0.1) is 6.61 Å².